The van der Waals surface area contributed by atoms with E-state index in [9.17, 15) is 19.2 Å². The molecule has 1 heterocycles. The molecule has 0 bridgehead atoms. The van der Waals surface area contributed by atoms with E-state index in [1.165, 1.54) is 30.5 Å². The number of ether oxygens (including phenoxy) is 1. The van der Waals surface area contributed by atoms with Crippen LogP contribution in [0.1, 0.15) is 39.0 Å². The maximum Gasteiger partial charge on any atom is 0.341 e. The third kappa shape index (κ3) is 2.86. The molecule has 1 aliphatic carbocycles. The van der Waals surface area contributed by atoms with E-state index in [0.29, 0.717) is 16.8 Å². The number of carboxylic acids is 1. The quantitative estimate of drug-likeness (QED) is 0.487. The maximum atomic E-state index is 12.7. The first kappa shape index (κ1) is 17.4. The molecule has 0 saturated heterocycles. The van der Waals surface area contributed by atoms with Gasteiger partial charge in [-0.1, -0.05) is 0 Å². The van der Waals surface area contributed by atoms with Crippen LogP contribution in [0.25, 0.3) is 5.47 Å². The van der Waals surface area contributed by atoms with Crippen LogP contribution in [0.5, 0.6) is 5.75 Å². The highest BCUT2D eigenvalue weighted by atomic mass is 16.5. The van der Waals surface area contributed by atoms with E-state index in [1.54, 1.807) is 14.8 Å². The number of allylic oxidation sites excluding steroid dienone is 1. The number of rotatable bonds is 5. The molecular weight excluding hydrogens is 339 g/mol. The summed E-state index contributed by atoms with van der Waals surface area (Å²) >= 11 is 0. The molecule has 0 saturated carbocycles. The summed E-state index contributed by atoms with van der Waals surface area (Å²) in [7, 11) is 1.66. The van der Waals surface area contributed by atoms with Crippen LogP contribution in [0.2, 0.25) is 0 Å². The Morgan fingerprint density at radius 2 is 1.81 bits per heavy atom. The van der Waals surface area contributed by atoms with Gasteiger partial charge in [0.15, 0.2) is 12.4 Å². The van der Waals surface area contributed by atoms with Crippen molar-refractivity contribution in [3.05, 3.63) is 58.6 Å². The van der Waals surface area contributed by atoms with Crippen molar-refractivity contribution in [2.45, 2.75) is 6.92 Å². The van der Waals surface area contributed by atoms with Crippen molar-refractivity contribution in [2.75, 3.05) is 6.61 Å². The highest BCUT2D eigenvalue weighted by Crippen LogP contribution is 2.32. The highest BCUT2D eigenvalue weighted by molar-refractivity contribution is 6.59. The van der Waals surface area contributed by atoms with Gasteiger partial charge in [-0.3, -0.25) is 14.4 Å². The van der Waals surface area contributed by atoms with Crippen molar-refractivity contribution in [1.82, 2.24) is 0 Å². The summed E-state index contributed by atoms with van der Waals surface area (Å²) in [6, 6.07) is 5.79. The topological polar surface area (TPSA) is 111 Å². The Morgan fingerprint density at radius 1 is 1.15 bits per heavy atom. The molecule has 0 fully saturated rings. The fraction of sp³-hybridized carbons (Fsp3) is 0.111. The predicted octanol–water partition coefficient (Wildman–Crippen LogP) is 1.10. The van der Waals surface area contributed by atoms with Gasteiger partial charge < -0.3 is 14.3 Å². The van der Waals surface area contributed by atoms with Crippen LogP contribution >= 0.6 is 0 Å². The summed E-state index contributed by atoms with van der Waals surface area (Å²) < 4.78 is 10.4. The highest BCUT2D eigenvalue weighted by Gasteiger charge is 2.35. The SMILES string of the molecule is BC1=C(C)C(=O)C(=O)c2c(C(=O)c3ccc(OCC(=O)O)cc3)coc21. The summed E-state index contributed by atoms with van der Waals surface area (Å²) in [5.41, 5.74) is 1.08. The zero-order chi connectivity index (χ0) is 19.0. The minimum atomic E-state index is -1.11. The van der Waals surface area contributed by atoms with Crippen LogP contribution in [0.4, 0.5) is 0 Å². The molecule has 1 aromatic heterocycles. The van der Waals surface area contributed by atoms with E-state index < -0.39 is 29.9 Å². The number of fused-ring (bicyclic) bond motifs is 1. The average molecular weight is 352 g/mol. The van der Waals surface area contributed by atoms with Crippen LogP contribution < -0.4 is 4.74 Å². The molecule has 0 unspecified atom stereocenters. The molecule has 130 valence electrons. The molecule has 26 heavy (non-hydrogen) atoms. The largest absolute Gasteiger partial charge is 0.482 e. The van der Waals surface area contributed by atoms with Gasteiger partial charge in [0.25, 0.3) is 0 Å². The number of carbonyl (C=O) groups excluding carboxylic acids is 3. The number of hydrogen-bond acceptors (Lipinski definition) is 6. The number of aliphatic carboxylic acids is 1. The Morgan fingerprint density at radius 3 is 2.42 bits per heavy atom. The second-order valence-electron chi connectivity index (χ2n) is 5.80. The van der Waals surface area contributed by atoms with Crippen molar-refractivity contribution in [3.8, 4) is 5.75 Å². The van der Waals surface area contributed by atoms with Crippen molar-refractivity contribution in [2.24, 2.45) is 0 Å². The van der Waals surface area contributed by atoms with Gasteiger partial charge in [0.05, 0.1) is 11.1 Å². The van der Waals surface area contributed by atoms with Gasteiger partial charge in [-0.15, -0.1) is 0 Å². The van der Waals surface area contributed by atoms with Crippen LogP contribution in [0.15, 0.2) is 40.5 Å². The zero-order valence-corrected chi connectivity index (χ0v) is 14.0. The van der Waals surface area contributed by atoms with E-state index in [-0.39, 0.29) is 22.5 Å². The third-order valence-electron chi connectivity index (χ3n) is 4.19. The van der Waals surface area contributed by atoms with Crippen LogP contribution in [0, 0.1) is 0 Å². The van der Waals surface area contributed by atoms with Crippen molar-refractivity contribution in [3.63, 3.8) is 0 Å². The lowest BCUT2D eigenvalue weighted by Crippen LogP contribution is -2.24. The van der Waals surface area contributed by atoms with E-state index in [0.717, 1.165) is 0 Å². The molecule has 0 atom stereocenters. The molecule has 0 spiro atoms. The maximum absolute atomic E-state index is 12.7. The first-order chi connectivity index (χ1) is 12.3. The predicted molar refractivity (Wildman–Crippen MR) is 92.2 cm³/mol. The smallest absolute Gasteiger partial charge is 0.341 e. The average Bonchev–Trinajstić information content (AvgIpc) is 3.08. The number of ketones is 3. The van der Waals surface area contributed by atoms with E-state index in [2.05, 4.69) is 0 Å². The third-order valence-corrected chi connectivity index (χ3v) is 4.19. The Bertz CT molecular complexity index is 979. The van der Waals surface area contributed by atoms with Gasteiger partial charge in [0.1, 0.15) is 25.6 Å². The number of hydrogen-bond donors (Lipinski definition) is 1. The van der Waals surface area contributed by atoms with Crippen molar-refractivity contribution >= 4 is 36.6 Å². The molecule has 0 aliphatic heterocycles. The number of Topliss-reactive ketones (excluding diaryl/α,β-unsaturated/α-hetero) is 2. The summed E-state index contributed by atoms with van der Waals surface area (Å²) in [5.74, 6) is -2.48. The molecule has 3 rings (SSSR count). The summed E-state index contributed by atoms with van der Waals surface area (Å²) in [6.45, 7) is 1.04. The lowest BCUT2D eigenvalue weighted by Gasteiger charge is -2.13. The van der Waals surface area contributed by atoms with Gasteiger partial charge in [0.2, 0.25) is 11.6 Å². The number of furan rings is 1. The Hall–Kier alpha value is -3.42. The van der Waals surface area contributed by atoms with Crippen LogP contribution in [0.3, 0.4) is 0 Å². The Labute approximate surface area is 148 Å². The fourth-order valence-corrected chi connectivity index (χ4v) is 2.65. The number of carbonyl (C=O) groups is 4. The number of carboxylic acid groups (broad SMARTS) is 1. The molecule has 1 N–H and O–H groups in total. The summed E-state index contributed by atoms with van der Waals surface area (Å²) in [4.78, 5) is 47.6. The first-order valence-electron chi connectivity index (χ1n) is 7.69. The van der Waals surface area contributed by atoms with Gasteiger partial charge in [-0.25, -0.2) is 4.79 Å². The molecule has 0 amide bonds. The molecular formula is C18H13BO7. The minimum Gasteiger partial charge on any atom is -0.482 e. The van der Waals surface area contributed by atoms with Crippen LogP contribution in [-0.4, -0.2) is 42.9 Å². The van der Waals surface area contributed by atoms with E-state index in [4.69, 9.17) is 14.3 Å². The minimum absolute atomic E-state index is 0.0180. The van der Waals surface area contributed by atoms with Crippen LogP contribution in [-0.2, 0) is 9.59 Å². The second-order valence-corrected chi connectivity index (χ2v) is 5.80. The Balaban J connectivity index is 1.93. The fourth-order valence-electron chi connectivity index (χ4n) is 2.65. The molecule has 2 aromatic rings. The lowest BCUT2D eigenvalue weighted by molar-refractivity contribution is -0.139. The number of benzene rings is 1. The normalized spacial score (nSPS) is 13.6. The summed E-state index contributed by atoms with van der Waals surface area (Å²) in [6.07, 6.45) is 1.18. The molecule has 8 heteroatoms. The molecule has 1 aromatic carbocycles. The van der Waals surface area contributed by atoms with Gasteiger partial charge in [-0.05, 0) is 42.2 Å². The van der Waals surface area contributed by atoms with Gasteiger partial charge in [0, 0.05) is 5.56 Å². The van der Waals surface area contributed by atoms with E-state index >= 15 is 0 Å². The van der Waals surface area contributed by atoms with Crippen molar-refractivity contribution in [1.29, 1.82) is 0 Å². The monoisotopic (exact) mass is 352 g/mol. The zero-order valence-electron chi connectivity index (χ0n) is 14.0. The molecule has 1 aliphatic rings. The lowest BCUT2D eigenvalue weighted by atomic mass is 9.78. The summed E-state index contributed by atoms with van der Waals surface area (Å²) in [5, 5.41) is 8.59. The van der Waals surface area contributed by atoms with E-state index in [1.807, 2.05) is 0 Å². The van der Waals surface area contributed by atoms with Gasteiger partial charge in [-0.2, -0.15) is 0 Å². The van der Waals surface area contributed by atoms with Gasteiger partial charge >= 0.3 is 5.97 Å². The molecule has 0 radical (unpaired) electrons. The Kier molecular flexibility index (Phi) is 4.34. The van der Waals surface area contributed by atoms with Crippen molar-refractivity contribution < 1.29 is 33.4 Å². The first-order valence-corrected chi connectivity index (χ1v) is 7.69. The molecule has 7 nitrogen and oxygen atoms in total. The standard InChI is InChI=1S/C18H13BO7/c1-8-14(19)18-13(17(24)15(8)22)11(6-26-18)16(23)9-2-4-10(5-3-9)25-7-12(20)21/h2-6H,7,19H2,1H3,(H,20,21). The second kappa shape index (κ2) is 6.47.